The summed E-state index contributed by atoms with van der Waals surface area (Å²) in [6.45, 7) is 0. The maximum atomic E-state index is 10.5. The largest absolute Gasteiger partial charge is 0.481 e. The second-order valence-electron chi connectivity index (χ2n) is 6.22. The molecule has 4 nitrogen and oxygen atoms in total. The molecule has 0 spiro atoms. The number of fused-ring (bicyclic) bond motifs is 2. The molecule has 2 aliphatic heterocycles. The molecule has 1 N–H and O–H groups in total. The highest BCUT2D eigenvalue weighted by atomic mass is 32.2. The third-order valence-electron chi connectivity index (χ3n) is 4.94. The third-order valence-corrected chi connectivity index (χ3v) is 6.78. The molecule has 4 atom stereocenters. The predicted molar refractivity (Wildman–Crippen MR) is 84.5 cm³/mol. The third kappa shape index (κ3) is 4.36. The Morgan fingerprint density at radius 2 is 1.81 bits per heavy atom. The molecule has 0 aromatic heterocycles. The molecule has 122 valence electrons. The van der Waals surface area contributed by atoms with Crippen LogP contribution in [-0.2, 0) is 14.3 Å². The average molecular weight is 316 g/mol. The molecule has 2 rings (SSSR count). The quantitative estimate of drug-likeness (QED) is 0.493. The van der Waals surface area contributed by atoms with E-state index >= 15 is 0 Å². The van der Waals surface area contributed by atoms with Gasteiger partial charge >= 0.3 is 5.97 Å². The summed E-state index contributed by atoms with van der Waals surface area (Å²) < 4.78 is 11.1. The first kappa shape index (κ1) is 17.1. The van der Waals surface area contributed by atoms with Crippen molar-refractivity contribution in [2.24, 2.45) is 11.8 Å². The Balaban J connectivity index is 1.74. The van der Waals surface area contributed by atoms with Crippen molar-refractivity contribution >= 4 is 17.7 Å². The molecule has 2 aliphatic rings. The van der Waals surface area contributed by atoms with Gasteiger partial charge in [-0.05, 0) is 31.6 Å². The van der Waals surface area contributed by atoms with Crippen molar-refractivity contribution in [3.05, 3.63) is 0 Å². The lowest BCUT2D eigenvalue weighted by atomic mass is 9.76. The van der Waals surface area contributed by atoms with Crippen LogP contribution in [0.2, 0.25) is 0 Å². The fraction of sp³-hybridized carbons (Fsp3) is 0.938. The van der Waals surface area contributed by atoms with Gasteiger partial charge in [-0.15, -0.1) is 0 Å². The Kier molecular flexibility index (Phi) is 6.83. The number of hydrogen-bond donors (Lipinski definition) is 1. The van der Waals surface area contributed by atoms with E-state index in [1.165, 1.54) is 25.7 Å². The summed E-state index contributed by atoms with van der Waals surface area (Å²) in [7, 11) is 3.49. The molecule has 5 heteroatoms. The van der Waals surface area contributed by atoms with Crippen molar-refractivity contribution < 1.29 is 19.4 Å². The minimum Gasteiger partial charge on any atom is -0.481 e. The topological polar surface area (TPSA) is 55.8 Å². The van der Waals surface area contributed by atoms with Gasteiger partial charge in [0.05, 0.1) is 0 Å². The summed E-state index contributed by atoms with van der Waals surface area (Å²) in [5, 5.41) is 10.1. The van der Waals surface area contributed by atoms with Gasteiger partial charge in [0.25, 0.3) is 0 Å². The van der Waals surface area contributed by atoms with E-state index in [0.717, 1.165) is 24.5 Å². The van der Waals surface area contributed by atoms with Gasteiger partial charge in [0.1, 0.15) is 0 Å². The smallest absolute Gasteiger partial charge is 0.303 e. The molecule has 0 radical (unpaired) electrons. The van der Waals surface area contributed by atoms with E-state index in [1.807, 2.05) is 0 Å². The lowest BCUT2D eigenvalue weighted by Gasteiger charge is -2.34. The van der Waals surface area contributed by atoms with Crippen LogP contribution in [0.25, 0.3) is 0 Å². The summed E-state index contributed by atoms with van der Waals surface area (Å²) in [5.74, 6) is 0.559. The second kappa shape index (κ2) is 8.39. The number of aliphatic carboxylic acids is 1. The predicted octanol–water partition coefficient (Wildman–Crippen LogP) is 3.54. The van der Waals surface area contributed by atoms with E-state index in [2.05, 4.69) is 11.8 Å². The zero-order chi connectivity index (χ0) is 15.2. The molecule has 0 saturated carbocycles. The highest BCUT2D eigenvalue weighted by Gasteiger charge is 2.51. The summed E-state index contributed by atoms with van der Waals surface area (Å²) in [6, 6.07) is 0. The van der Waals surface area contributed by atoms with Gasteiger partial charge in [0.2, 0.25) is 0 Å². The Bertz CT molecular complexity index is 332. The van der Waals surface area contributed by atoms with Gasteiger partial charge in [-0.2, -0.15) is 11.8 Å². The van der Waals surface area contributed by atoms with Crippen LogP contribution in [-0.4, -0.2) is 42.1 Å². The van der Waals surface area contributed by atoms with Crippen LogP contribution in [0, 0.1) is 11.8 Å². The van der Waals surface area contributed by atoms with Gasteiger partial charge in [-0.1, -0.05) is 19.3 Å². The van der Waals surface area contributed by atoms with E-state index in [4.69, 9.17) is 14.6 Å². The summed E-state index contributed by atoms with van der Waals surface area (Å²) in [4.78, 5) is 10.5. The van der Waals surface area contributed by atoms with Gasteiger partial charge in [0.15, 0.2) is 6.29 Å². The molecule has 0 aliphatic carbocycles. The van der Waals surface area contributed by atoms with Crippen LogP contribution in [0.15, 0.2) is 0 Å². The molecule has 21 heavy (non-hydrogen) atoms. The van der Waals surface area contributed by atoms with Crippen LogP contribution in [0.4, 0.5) is 0 Å². The van der Waals surface area contributed by atoms with Crippen molar-refractivity contribution in [2.75, 3.05) is 14.2 Å². The maximum Gasteiger partial charge on any atom is 0.303 e. The first-order valence-electron chi connectivity index (χ1n) is 8.10. The highest BCUT2D eigenvalue weighted by molar-refractivity contribution is 8.01. The van der Waals surface area contributed by atoms with E-state index in [9.17, 15) is 4.79 Å². The van der Waals surface area contributed by atoms with Crippen molar-refractivity contribution in [1.29, 1.82) is 0 Å². The first-order valence-corrected chi connectivity index (χ1v) is 9.04. The SMILES string of the molecule is COC(OC)[C@H]1[C@@H](CCCCCCC(=O)O)[C@H]2CC[C@@H]1S2. The van der Waals surface area contributed by atoms with Crippen LogP contribution in [0.5, 0.6) is 0 Å². The minimum atomic E-state index is -0.678. The molecule has 0 unspecified atom stereocenters. The molecular formula is C16H28O4S. The number of ether oxygens (including phenoxy) is 2. The van der Waals surface area contributed by atoms with Crippen LogP contribution >= 0.6 is 11.8 Å². The molecule has 2 heterocycles. The number of carbonyl (C=O) groups is 1. The van der Waals surface area contributed by atoms with Gasteiger partial charge in [-0.3, -0.25) is 4.79 Å². The Morgan fingerprint density at radius 3 is 2.48 bits per heavy atom. The molecule has 0 amide bonds. The number of unbranched alkanes of at least 4 members (excludes halogenated alkanes) is 3. The number of rotatable bonds is 10. The standard InChI is InChI=1S/C16H28O4S/c1-19-16(20-2)15-11(12-9-10-13(15)21-12)7-5-3-4-6-8-14(17)18/h11-13,15-16H,3-10H2,1-2H3,(H,17,18)/t11-,12+,13-,15-/m0/s1. The molecule has 2 saturated heterocycles. The maximum absolute atomic E-state index is 10.5. The van der Waals surface area contributed by atoms with E-state index in [-0.39, 0.29) is 6.29 Å². The molecular weight excluding hydrogens is 288 g/mol. The van der Waals surface area contributed by atoms with E-state index < -0.39 is 5.97 Å². The van der Waals surface area contributed by atoms with Crippen molar-refractivity contribution in [2.45, 2.75) is 68.2 Å². The summed E-state index contributed by atoms with van der Waals surface area (Å²) in [5.41, 5.74) is 0. The molecule has 0 aromatic rings. The number of carboxylic acid groups (broad SMARTS) is 1. The number of hydrogen-bond acceptors (Lipinski definition) is 4. The molecule has 2 bridgehead atoms. The van der Waals surface area contributed by atoms with Crippen molar-refractivity contribution in [1.82, 2.24) is 0 Å². The van der Waals surface area contributed by atoms with Crippen LogP contribution in [0.1, 0.15) is 51.4 Å². The minimum absolute atomic E-state index is 0.0650. The van der Waals surface area contributed by atoms with Gasteiger partial charge in [-0.25, -0.2) is 0 Å². The summed E-state index contributed by atoms with van der Waals surface area (Å²) in [6.07, 6.45) is 8.30. The van der Waals surface area contributed by atoms with E-state index in [0.29, 0.717) is 23.5 Å². The zero-order valence-corrected chi connectivity index (χ0v) is 13.9. The Morgan fingerprint density at radius 1 is 1.14 bits per heavy atom. The summed E-state index contributed by atoms with van der Waals surface area (Å²) >= 11 is 2.14. The van der Waals surface area contributed by atoms with Gasteiger partial charge in [0, 0.05) is 37.1 Å². The second-order valence-corrected chi connectivity index (χ2v) is 7.70. The Hall–Kier alpha value is -0.260. The fourth-order valence-electron chi connectivity index (χ4n) is 3.99. The number of thioether (sulfide) groups is 1. The normalized spacial score (nSPS) is 31.2. The lowest BCUT2D eigenvalue weighted by molar-refractivity contribution is -0.151. The first-order chi connectivity index (χ1) is 10.2. The van der Waals surface area contributed by atoms with Crippen LogP contribution < -0.4 is 0 Å². The molecule has 2 fully saturated rings. The Labute approximate surface area is 132 Å². The highest BCUT2D eigenvalue weighted by Crippen LogP contribution is 2.56. The van der Waals surface area contributed by atoms with Crippen molar-refractivity contribution in [3.63, 3.8) is 0 Å². The fourth-order valence-corrected chi connectivity index (χ4v) is 6.01. The van der Waals surface area contributed by atoms with Crippen LogP contribution in [0.3, 0.4) is 0 Å². The molecule has 0 aromatic carbocycles. The zero-order valence-electron chi connectivity index (χ0n) is 13.1. The van der Waals surface area contributed by atoms with Crippen molar-refractivity contribution in [3.8, 4) is 0 Å². The van der Waals surface area contributed by atoms with E-state index in [1.54, 1.807) is 14.2 Å². The lowest BCUT2D eigenvalue weighted by Crippen LogP contribution is -2.38. The number of methoxy groups -OCH3 is 2. The average Bonchev–Trinajstić information content (AvgIpc) is 3.05. The van der Waals surface area contributed by atoms with Gasteiger partial charge < -0.3 is 14.6 Å². The monoisotopic (exact) mass is 316 g/mol. The number of carboxylic acids is 1.